The van der Waals surface area contributed by atoms with E-state index in [0.717, 1.165) is 5.56 Å². The van der Waals surface area contributed by atoms with Gasteiger partial charge in [-0.2, -0.15) is 0 Å². The third-order valence-electron chi connectivity index (χ3n) is 3.41. The lowest BCUT2D eigenvalue weighted by Crippen LogP contribution is -2.30. The SMILES string of the molecule is C[C@H](Oc1cccc(C(C)(C)C)c1)C(=O)Nc1ncccc1O. The molecule has 1 amide bonds. The summed E-state index contributed by atoms with van der Waals surface area (Å²) in [7, 11) is 0. The maximum atomic E-state index is 12.2. The Bertz CT molecular complexity index is 693. The minimum absolute atomic E-state index is 0.00458. The molecule has 0 saturated carbocycles. The average molecular weight is 314 g/mol. The highest BCUT2D eigenvalue weighted by atomic mass is 16.5. The van der Waals surface area contributed by atoms with Crippen molar-refractivity contribution in [1.29, 1.82) is 0 Å². The van der Waals surface area contributed by atoms with Crippen LogP contribution in [0.5, 0.6) is 11.5 Å². The second-order valence-electron chi connectivity index (χ2n) is 6.40. The summed E-state index contributed by atoms with van der Waals surface area (Å²) in [5.41, 5.74) is 1.13. The summed E-state index contributed by atoms with van der Waals surface area (Å²) in [5, 5.41) is 12.2. The predicted octanol–water partition coefficient (Wildman–Crippen LogP) is 3.49. The Balaban J connectivity index is 2.05. The number of carbonyl (C=O) groups excluding carboxylic acids is 1. The molecule has 0 saturated heterocycles. The number of nitrogens with one attached hydrogen (secondary N) is 1. The molecule has 0 aliphatic carbocycles. The van der Waals surface area contributed by atoms with Gasteiger partial charge in [-0.05, 0) is 42.2 Å². The molecule has 0 spiro atoms. The van der Waals surface area contributed by atoms with E-state index in [1.54, 1.807) is 13.0 Å². The molecule has 5 heteroatoms. The van der Waals surface area contributed by atoms with Gasteiger partial charge in [-0.1, -0.05) is 32.9 Å². The fraction of sp³-hybridized carbons (Fsp3) is 0.333. The average Bonchev–Trinajstić information content (AvgIpc) is 2.49. The summed E-state index contributed by atoms with van der Waals surface area (Å²) in [5.74, 6) is 0.296. The van der Waals surface area contributed by atoms with Crippen molar-refractivity contribution in [2.75, 3.05) is 5.32 Å². The van der Waals surface area contributed by atoms with Crippen LogP contribution in [-0.2, 0) is 10.2 Å². The summed E-state index contributed by atoms with van der Waals surface area (Å²) >= 11 is 0. The number of aromatic nitrogens is 1. The van der Waals surface area contributed by atoms with Crippen molar-refractivity contribution in [3.05, 3.63) is 48.2 Å². The summed E-state index contributed by atoms with van der Waals surface area (Å²) in [6, 6.07) is 10.7. The number of rotatable bonds is 4. The summed E-state index contributed by atoms with van der Waals surface area (Å²) in [6.07, 6.45) is 0.778. The summed E-state index contributed by atoms with van der Waals surface area (Å²) < 4.78 is 5.70. The number of anilines is 1. The number of carbonyl (C=O) groups is 1. The fourth-order valence-electron chi connectivity index (χ4n) is 2.01. The first-order valence-electron chi connectivity index (χ1n) is 7.49. The third-order valence-corrected chi connectivity index (χ3v) is 3.41. The monoisotopic (exact) mass is 314 g/mol. The van der Waals surface area contributed by atoms with Gasteiger partial charge >= 0.3 is 0 Å². The molecular weight excluding hydrogens is 292 g/mol. The van der Waals surface area contributed by atoms with Crippen LogP contribution < -0.4 is 10.1 Å². The van der Waals surface area contributed by atoms with Crippen LogP contribution >= 0.6 is 0 Å². The first-order chi connectivity index (χ1) is 10.8. The Morgan fingerprint density at radius 3 is 2.65 bits per heavy atom. The molecule has 0 bridgehead atoms. The van der Waals surface area contributed by atoms with Crippen LogP contribution in [0, 0.1) is 0 Å². The van der Waals surface area contributed by atoms with Crippen LogP contribution in [0.15, 0.2) is 42.6 Å². The number of hydrogen-bond donors (Lipinski definition) is 2. The Morgan fingerprint density at radius 1 is 1.26 bits per heavy atom. The van der Waals surface area contributed by atoms with Crippen molar-refractivity contribution >= 4 is 11.7 Å². The largest absolute Gasteiger partial charge is 0.504 e. The van der Waals surface area contributed by atoms with Crippen LogP contribution in [0.4, 0.5) is 5.82 Å². The summed E-state index contributed by atoms with van der Waals surface area (Å²) in [4.78, 5) is 16.1. The summed E-state index contributed by atoms with van der Waals surface area (Å²) in [6.45, 7) is 8.00. The maximum absolute atomic E-state index is 12.2. The van der Waals surface area contributed by atoms with E-state index in [-0.39, 0.29) is 22.9 Å². The van der Waals surface area contributed by atoms with E-state index in [1.807, 2.05) is 24.3 Å². The number of ether oxygens (including phenoxy) is 1. The second-order valence-corrected chi connectivity index (χ2v) is 6.40. The topological polar surface area (TPSA) is 71.5 Å². The standard InChI is InChI=1S/C18H22N2O3/c1-12(17(22)20-16-15(21)9-6-10-19-16)23-14-8-5-7-13(11-14)18(2,3)4/h5-12,21H,1-4H3,(H,19,20,22)/t12-/m0/s1. The van der Waals surface area contributed by atoms with E-state index in [1.165, 1.54) is 12.3 Å². The van der Waals surface area contributed by atoms with Gasteiger partial charge in [0.05, 0.1) is 0 Å². The zero-order valence-electron chi connectivity index (χ0n) is 13.8. The Morgan fingerprint density at radius 2 is 2.00 bits per heavy atom. The van der Waals surface area contributed by atoms with Crippen LogP contribution in [0.25, 0.3) is 0 Å². The van der Waals surface area contributed by atoms with E-state index in [2.05, 4.69) is 31.1 Å². The van der Waals surface area contributed by atoms with E-state index in [4.69, 9.17) is 4.74 Å². The molecule has 23 heavy (non-hydrogen) atoms. The highest BCUT2D eigenvalue weighted by Crippen LogP contribution is 2.26. The smallest absolute Gasteiger partial charge is 0.266 e. The lowest BCUT2D eigenvalue weighted by molar-refractivity contribution is -0.122. The van der Waals surface area contributed by atoms with E-state index < -0.39 is 6.10 Å². The van der Waals surface area contributed by atoms with Crippen molar-refractivity contribution in [3.8, 4) is 11.5 Å². The molecule has 1 aromatic carbocycles. The number of hydrogen-bond acceptors (Lipinski definition) is 4. The Kier molecular flexibility index (Phi) is 4.89. The normalized spacial score (nSPS) is 12.5. The number of pyridine rings is 1. The maximum Gasteiger partial charge on any atom is 0.266 e. The number of benzene rings is 1. The predicted molar refractivity (Wildman–Crippen MR) is 89.8 cm³/mol. The molecule has 5 nitrogen and oxygen atoms in total. The molecule has 0 radical (unpaired) electrons. The minimum Gasteiger partial charge on any atom is -0.504 e. The molecule has 1 aromatic heterocycles. The molecule has 0 aliphatic rings. The van der Waals surface area contributed by atoms with Crippen LogP contribution in [0.1, 0.15) is 33.3 Å². The first kappa shape index (κ1) is 16.8. The molecule has 2 N–H and O–H groups in total. The number of amides is 1. The zero-order valence-corrected chi connectivity index (χ0v) is 13.8. The molecule has 1 atom stereocenters. The lowest BCUT2D eigenvalue weighted by atomic mass is 9.87. The third kappa shape index (κ3) is 4.45. The molecule has 0 aliphatic heterocycles. The van der Waals surface area contributed by atoms with Crippen LogP contribution in [0.3, 0.4) is 0 Å². The Hall–Kier alpha value is -2.56. The quantitative estimate of drug-likeness (QED) is 0.906. The van der Waals surface area contributed by atoms with Gasteiger partial charge in [-0.25, -0.2) is 4.98 Å². The van der Waals surface area contributed by atoms with Gasteiger partial charge in [0.2, 0.25) is 0 Å². The van der Waals surface area contributed by atoms with Gasteiger partial charge in [-0.15, -0.1) is 0 Å². The lowest BCUT2D eigenvalue weighted by Gasteiger charge is -2.21. The molecule has 1 heterocycles. The van der Waals surface area contributed by atoms with Gasteiger partial charge < -0.3 is 15.2 Å². The number of nitrogens with zero attached hydrogens (tertiary/aromatic N) is 1. The first-order valence-corrected chi connectivity index (χ1v) is 7.49. The van der Waals surface area contributed by atoms with Crippen molar-refractivity contribution < 1.29 is 14.6 Å². The van der Waals surface area contributed by atoms with E-state index >= 15 is 0 Å². The minimum atomic E-state index is -0.716. The van der Waals surface area contributed by atoms with Gasteiger partial charge in [0.15, 0.2) is 17.7 Å². The molecule has 0 fully saturated rings. The van der Waals surface area contributed by atoms with Gasteiger partial charge in [-0.3, -0.25) is 4.79 Å². The van der Waals surface area contributed by atoms with Gasteiger partial charge in [0.25, 0.3) is 5.91 Å². The molecule has 122 valence electrons. The fourth-order valence-corrected chi connectivity index (χ4v) is 2.01. The second kappa shape index (κ2) is 6.69. The van der Waals surface area contributed by atoms with Crippen molar-refractivity contribution in [1.82, 2.24) is 4.98 Å². The van der Waals surface area contributed by atoms with Crippen LogP contribution in [0.2, 0.25) is 0 Å². The van der Waals surface area contributed by atoms with E-state index in [0.29, 0.717) is 5.75 Å². The highest BCUT2D eigenvalue weighted by molar-refractivity contribution is 5.94. The molecule has 2 rings (SSSR count). The number of aromatic hydroxyl groups is 1. The van der Waals surface area contributed by atoms with Gasteiger partial charge in [0.1, 0.15) is 5.75 Å². The molecular formula is C18H22N2O3. The van der Waals surface area contributed by atoms with Crippen LogP contribution in [-0.4, -0.2) is 22.1 Å². The van der Waals surface area contributed by atoms with Crippen molar-refractivity contribution in [2.24, 2.45) is 0 Å². The zero-order chi connectivity index (χ0) is 17.0. The van der Waals surface area contributed by atoms with Crippen molar-refractivity contribution in [2.45, 2.75) is 39.2 Å². The Labute approximate surface area is 136 Å². The van der Waals surface area contributed by atoms with E-state index in [9.17, 15) is 9.90 Å². The molecule has 0 unspecified atom stereocenters. The van der Waals surface area contributed by atoms with Gasteiger partial charge in [0, 0.05) is 6.20 Å². The molecule has 2 aromatic rings. The van der Waals surface area contributed by atoms with Crippen molar-refractivity contribution in [3.63, 3.8) is 0 Å². The highest BCUT2D eigenvalue weighted by Gasteiger charge is 2.18.